The first-order valence-electron chi connectivity index (χ1n) is 12.6. The lowest BCUT2D eigenvalue weighted by Gasteiger charge is -2.23. The Bertz CT molecular complexity index is 2020. The molecule has 1 aliphatic rings. The number of aromatic nitrogens is 2. The molecule has 0 unspecified atom stereocenters. The quantitative estimate of drug-likeness (QED) is 0.239. The van der Waals surface area contributed by atoms with Crippen LogP contribution in [0.25, 0.3) is 60.3 Å². The highest BCUT2D eigenvalue weighted by molar-refractivity contribution is 6.15. The molecule has 0 saturated carbocycles. The first-order valence-corrected chi connectivity index (χ1v) is 12.6. The molecule has 0 radical (unpaired) electrons. The SMILES string of the molecule is CC1(C)c2ccc3ccccc3c2-c2ccc3c4ccccc4n(-c4cc5ccccc5cn4)c3c21. The Morgan fingerprint density at radius 3 is 2.22 bits per heavy atom. The summed E-state index contributed by atoms with van der Waals surface area (Å²) in [4.78, 5) is 4.98. The highest BCUT2D eigenvalue weighted by atomic mass is 15.1. The molecule has 0 atom stereocenters. The number of pyridine rings is 1. The first-order chi connectivity index (χ1) is 17.6. The minimum atomic E-state index is -0.142. The summed E-state index contributed by atoms with van der Waals surface area (Å²) < 4.78 is 2.39. The highest BCUT2D eigenvalue weighted by Gasteiger charge is 2.39. The zero-order chi connectivity index (χ0) is 24.0. The van der Waals surface area contributed by atoms with Crippen LogP contribution in [0.2, 0.25) is 0 Å². The van der Waals surface area contributed by atoms with Gasteiger partial charge in [0.15, 0.2) is 0 Å². The summed E-state index contributed by atoms with van der Waals surface area (Å²) in [5.41, 5.74) is 7.81. The van der Waals surface area contributed by atoms with E-state index in [1.807, 2.05) is 6.20 Å². The van der Waals surface area contributed by atoms with Gasteiger partial charge in [-0.15, -0.1) is 0 Å². The van der Waals surface area contributed by atoms with Gasteiger partial charge in [-0.1, -0.05) is 105 Å². The number of hydrogen-bond acceptors (Lipinski definition) is 1. The van der Waals surface area contributed by atoms with Crippen molar-refractivity contribution in [3.8, 4) is 16.9 Å². The van der Waals surface area contributed by atoms with Crippen LogP contribution in [0.4, 0.5) is 0 Å². The molecule has 2 aromatic heterocycles. The molecule has 8 rings (SSSR count). The summed E-state index contributed by atoms with van der Waals surface area (Å²) in [6, 6.07) is 37.5. The van der Waals surface area contributed by atoms with E-state index in [0.717, 1.165) is 11.2 Å². The van der Waals surface area contributed by atoms with Crippen LogP contribution >= 0.6 is 0 Å². The normalized spacial score (nSPS) is 14.1. The fourth-order valence-electron chi connectivity index (χ4n) is 6.55. The summed E-state index contributed by atoms with van der Waals surface area (Å²) in [6.07, 6.45) is 2.00. The molecule has 7 aromatic rings. The summed E-state index contributed by atoms with van der Waals surface area (Å²) in [5.74, 6) is 0.963. The maximum atomic E-state index is 4.98. The standard InChI is InChI=1S/C34H24N2/c1-34(2)28-18-15-21-9-5-6-12-24(21)31(28)27-17-16-26-25-13-7-8-14-29(25)36(33(26)32(27)34)30-19-22-10-3-4-11-23(22)20-35-30/h3-20H,1-2H3. The molecular weight excluding hydrogens is 436 g/mol. The van der Waals surface area contributed by atoms with Crippen molar-refractivity contribution in [2.45, 2.75) is 19.3 Å². The maximum Gasteiger partial charge on any atom is 0.138 e. The number of benzene rings is 5. The van der Waals surface area contributed by atoms with E-state index in [4.69, 9.17) is 4.98 Å². The second-order valence-electron chi connectivity index (χ2n) is 10.5. The summed E-state index contributed by atoms with van der Waals surface area (Å²) in [5, 5.41) is 7.52. The Hall–Kier alpha value is -4.43. The van der Waals surface area contributed by atoms with Crippen molar-refractivity contribution < 1.29 is 0 Å². The van der Waals surface area contributed by atoms with Crippen molar-refractivity contribution >= 4 is 43.4 Å². The van der Waals surface area contributed by atoms with Crippen molar-refractivity contribution in [2.24, 2.45) is 0 Å². The molecule has 0 amide bonds. The Morgan fingerprint density at radius 2 is 1.36 bits per heavy atom. The fraction of sp³-hybridized carbons (Fsp3) is 0.0882. The van der Waals surface area contributed by atoms with E-state index >= 15 is 0 Å². The van der Waals surface area contributed by atoms with Gasteiger partial charge >= 0.3 is 0 Å². The van der Waals surface area contributed by atoms with Crippen LogP contribution in [0.3, 0.4) is 0 Å². The number of hydrogen-bond donors (Lipinski definition) is 0. The third-order valence-electron chi connectivity index (χ3n) is 8.18. The van der Waals surface area contributed by atoms with Crippen LogP contribution in [-0.4, -0.2) is 9.55 Å². The molecule has 2 heteroatoms. The van der Waals surface area contributed by atoms with Gasteiger partial charge in [-0.2, -0.15) is 0 Å². The predicted molar refractivity (Wildman–Crippen MR) is 151 cm³/mol. The van der Waals surface area contributed by atoms with E-state index < -0.39 is 0 Å². The lowest BCUT2D eigenvalue weighted by molar-refractivity contribution is 0.664. The molecule has 1 aliphatic carbocycles. The first kappa shape index (κ1) is 19.8. The van der Waals surface area contributed by atoms with Gasteiger partial charge in [0.25, 0.3) is 0 Å². The summed E-state index contributed by atoms with van der Waals surface area (Å²) in [7, 11) is 0. The van der Waals surface area contributed by atoms with E-state index in [0.29, 0.717) is 0 Å². The molecule has 170 valence electrons. The molecule has 0 fully saturated rings. The predicted octanol–water partition coefficient (Wildman–Crippen LogP) is 8.79. The van der Waals surface area contributed by atoms with Crippen molar-refractivity contribution in [3.63, 3.8) is 0 Å². The van der Waals surface area contributed by atoms with E-state index in [9.17, 15) is 0 Å². The van der Waals surface area contributed by atoms with E-state index in [-0.39, 0.29) is 5.41 Å². The third kappa shape index (κ3) is 2.43. The molecule has 0 saturated heterocycles. The maximum absolute atomic E-state index is 4.98. The lowest BCUT2D eigenvalue weighted by atomic mass is 9.81. The average Bonchev–Trinajstić information content (AvgIpc) is 3.37. The summed E-state index contributed by atoms with van der Waals surface area (Å²) in [6.45, 7) is 4.75. The fourth-order valence-corrected chi connectivity index (χ4v) is 6.55. The Morgan fingerprint density at radius 1 is 0.639 bits per heavy atom. The average molecular weight is 461 g/mol. The van der Waals surface area contributed by atoms with Gasteiger partial charge in [0, 0.05) is 27.8 Å². The second kappa shape index (κ2) is 6.83. The molecule has 5 aromatic carbocycles. The van der Waals surface area contributed by atoms with Gasteiger partial charge in [0.05, 0.1) is 11.0 Å². The molecule has 0 bridgehead atoms. The van der Waals surface area contributed by atoms with Crippen LogP contribution in [-0.2, 0) is 5.41 Å². The van der Waals surface area contributed by atoms with E-state index in [1.54, 1.807) is 0 Å². The second-order valence-corrected chi connectivity index (χ2v) is 10.5. The highest BCUT2D eigenvalue weighted by Crippen LogP contribution is 2.54. The molecular formula is C34H24N2. The molecule has 2 heterocycles. The minimum Gasteiger partial charge on any atom is -0.293 e. The van der Waals surface area contributed by atoms with Crippen molar-refractivity contribution in [2.75, 3.05) is 0 Å². The Kier molecular flexibility index (Phi) is 3.76. The zero-order valence-corrected chi connectivity index (χ0v) is 20.3. The van der Waals surface area contributed by atoms with Crippen molar-refractivity contribution in [1.29, 1.82) is 0 Å². The molecule has 0 N–H and O–H groups in total. The van der Waals surface area contributed by atoms with Gasteiger partial charge in [-0.25, -0.2) is 4.98 Å². The van der Waals surface area contributed by atoms with E-state index in [1.165, 1.54) is 60.2 Å². The third-order valence-corrected chi connectivity index (χ3v) is 8.18. The van der Waals surface area contributed by atoms with Gasteiger partial charge in [-0.05, 0) is 50.5 Å². The Balaban J connectivity index is 1.56. The topological polar surface area (TPSA) is 17.8 Å². The van der Waals surface area contributed by atoms with Crippen LogP contribution in [0.1, 0.15) is 25.0 Å². The summed E-state index contributed by atoms with van der Waals surface area (Å²) >= 11 is 0. The molecule has 36 heavy (non-hydrogen) atoms. The zero-order valence-electron chi connectivity index (χ0n) is 20.3. The molecule has 2 nitrogen and oxygen atoms in total. The smallest absolute Gasteiger partial charge is 0.138 e. The minimum absolute atomic E-state index is 0.142. The number of nitrogens with zero attached hydrogens (tertiary/aromatic N) is 2. The van der Waals surface area contributed by atoms with E-state index in [2.05, 4.69) is 122 Å². The largest absolute Gasteiger partial charge is 0.293 e. The Labute approximate surface area is 209 Å². The van der Waals surface area contributed by atoms with Gasteiger partial charge in [-0.3, -0.25) is 4.57 Å². The van der Waals surface area contributed by atoms with Crippen LogP contribution in [0.5, 0.6) is 0 Å². The number of fused-ring (bicyclic) bond motifs is 10. The van der Waals surface area contributed by atoms with Crippen LogP contribution in [0.15, 0.2) is 109 Å². The molecule has 0 aliphatic heterocycles. The monoisotopic (exact) mass is 460 g/mol. The molecule has 0 spiro atoms. The van der Waals surface area contributed by atoms with Crippen LogP contribution < -0.4 is 0 Å². The number of para-hydroxylation sites is 1. The lowest BCUT2D eigenvalue weighted by Crippen LogP contribution is -2.16. The van der Waals surface area contributed by atoms with Crippen LogP contribution in [0, 0.1) is 0 Å². The van der Waals surface area contributed by atoms with Gasteiger partial charge in [0.1, 0.15) is 5.82 Å². The van der Waals surface area contributed by atoms with Gasteiger partial charge in [0.2, 0.25) is 0 Å². The van der Waals surface area contributed by atoms with Gasteiger partial charge < -0.3 is 0 Å². The number of rotatable bonds is 1. The van der Waals surface area contributed by atoms with Crippen molar-refractivity contribution in [1.82, 2.24) is 9.55 Å². The van der Waals surface area contributed by atoms with Crippen molar-refractivity contribution in [3.05, 3.63) is 120 Å².